The summed E-state index contributed by atoms with van der Waals surface area (Å²) in [6, 6.07) is 0.996. The highest BCUT2D eigenvalue weighted by Crippen LogP contribution is 2.54. The van der Waals surface area contributed by atoms with Gasteiger partial charge in [0.2, 0.25) is 0 Å². The van der Waals surface area contributed by atoms with Crippen molar-refractivity contribution in [3.63, 3.8) is 0 Å². The molecule has 3 aliphatic rings. The molecular weight excluding hydrogens is 479 g/mol. The molecule has 2 unspecified atom stereocenters. The minimum absolute atomic E-state index is 0. The third kappa shape index (κ3) is 4.73. The summed E-state index contributed by atoms with van der Waals surface area (Å²) in [5, 5.41) is 15.9. The van der Waals surface area contributed by atoms with Gasteiger partial charge in [-0.15, -0.1) is 34.2 Å². The molecule has 3 fully saturated rings. The van der Waals surface area contributed by atoms with Crippen molar-refractivity contribution >= 4 is 29.9 Å². The minimum atomic E-state index is 0. The Morgan fingerprint density at radius 3 is 2.52 bits per heavy atom. The molecule has 4 rings (SSSR count). The maximum Gasteiger partial charge on any atom is 0.192 e. The molecule has 1 heterocycles. The van der Waals surface area contributed by atoms with Gasteiger partial charge in [-0.25, -0.2) is 4.99 Å². The van der Waals surface area contributed by atoms with Crippen LogP contribution in [0.15, 0.2) is 4.99 Å². The first-order chi connectivity index (χ1) is 13.6. The average Bonchev–Trinajstić information content (AvgIpc) is 3.43. The number of ether oxygens (including phenoxy) is 1. The fourth-order valence-electron chi connectivity index (χ4n) is 5.39. The number of hydrogen-bond donors (Lipinski definition) is 2. The van der Waals surface area contributed by atoms with Crippen molar-refractivity contribution < 1.29 is 4.74 Å². The van der Waals surface area contributed by atoms with Crippen LogP contribution in [-0.4, -0.2) is 45.5 Å². The maximum atomic E-state index is 6.09. The molecular formula is C21H37IN6O. The number of nitrogens with one attached hydrogen (secondary N) is 2. The summed E-state index contributed by atoms with van der Waals surface area (Å²) in [6.07, 6.45) is 11.8. The summed E-state index contributed by atoms with van der Waals surface area (Å²) in [5.41, 5.74) is 0.301. The lowest BCUT2D eigenvalue weighted by Crippen LogP contribution is -2.65. The van der Waals surface area contributed by atoms with Gasteiger partial charge in [-0.3, -0.25) is 0 Å². The van der Waals surface area contributed by atoms with E-state index in [-0.39, 0.29) is 24.0 Å². The monoisotopic (exact) mass is 516 g/mol. The first kappa shape index (κ1) is 22.8. The molecule has 8 heteroatoms. The third-order valence-corrected chi connectivity index (χ3v) is 7.26. The van der Waals surface area contributed by atoms with Gasteiger partial charge in [0.05, 0.1) is 6.10 Å². The predicted molar refractivity (Wildman–Crippen MR) is 126 cm³/mol. The highest BCUT2D eigenvalue weighted by Gasteiger charge is 2.57. The van der Waals surface area contributed by atoms with Crippen LogP contribution < -0.4 is 10.6 Å². The first-order valence-electron chi connectivity index (χ1n) is 11.2. The Hall–Kier alpha value is -0.900. The van der Waals surface area contributed by atoms with E-state index < -0.39 is 0 Å². The van der Waals surface area contributed by atoms with E-state index in [9.17, 15) is 0 Å². The Morgan fingerprint density at radius 2 is 1.90 bits per heavy atom. The van der Waals surface area contributed by atoms with E-state index in [1.807, 2.05) is 18.5 Å². The lowest BCUT2D eigenvalue weighted by atomic mass is 9.60. The van der Waals surface area contributed by atoms with Gasteiger partial charge in [-0.2, -0.15) is 0 Å². The fraction of sp³-hybridized carbons (Fsp3) is 0.857. The lowest BCUT2D eigenvalue weighted by molar-refractivity contribution is -0.125. The standard InChI is InChI=1S/C21H36N6O.HI/c1-4-28-18-13-17(21(18)11-7-8-12-21)24-20(23-16-9-5-6-10-16)22-14-19-26-25-15(2)27(19)3;/h16-18H,4-14H2,1-3H3,(H2,22,23,24);1H. The molecule has 164 valence electrons. The predicted octanol–water partition coefficient (Wildman–Crippen LogP) is 3.46. The van der Waals surface area contributed by atoms with Gasteiger partial charge in [0, 0.05) is 31.2 Å². The van der Waals surface area contributed by atoms with Gasteiger partial charge in [-0.05, 0) is 46.0 Å². The number of aliphatic imine (C=N–C) groups is 1. The molecule has 3 saturated carbocycles. The Balaban J connectivity index is 0.00000240. The van der Waals surface area contributed by atoms with Crippen LogP contribution in [0.2, 0.25) is 0 Å². The summed E-state index contributed by atoms with van der Waals surface area (Å²) < 4.78 is 8.10. The number of aromatic nitrogens is 3. The molecule has 3 aliphatic carbocycles. The van der Waals surface area contributed by atoms with E-state index >= 15 is 0 Å². The zero-order chi connectivity index (χ0) is 19.6. The van der Waals surface area contributed by atoms with Crippen LogP contribution in [0.25, 0.3) is 0 Å². The molecule has 0 radical (unpaired) electrons. The molecule has 0 bridgehead atoms. The van der Waals surface area contributed by atoms with Gasteiger partial charge in [-0.1, -0.05) is 25.7 Å². The average molecular weight is 516 g/mol. The quantitative estimate of drug-likeness (QED) is 0.344. The molecule has 2 N–H and O–H groups in total. The zero-order valence-corrected chi connectivity index (χ0v) is 20.4. The second-order valence-electron chi connectivity index (χ2n) is 8.83. The molecule has 2 atom stereocenters. The lowest BCUT2D eigenvalue weighted by Gasteiger charge is -2.54. The second-order valence-corrected chi connectivity index (χ2v) is 8.83. The molecule has 0 aromatic carbocycles. The van der Waals surface area contributed by atoms with Crippen LogP contribution >= 0.6 is 24.0 Å². The van der Waals surface area contributed by atoms with Crippen LogP contribution in [0.3, 0.4) is 0 Å². The zero-order valence-electron chi connectivity index (χ0n) is 18.1. The number of hydrogen-bond acceptors (Lipinski definition) is 4. The van der Waals surface area contributed by atoms with Gasteiger partial charge < -0.3 is 19.9 Å². The summed E-state index contributed by atoms with van der Waals surface area (Å²) in [5.74, 6) is 2.77. The molecule has 0 amide bonds. The molecule has 29 heavy (non-hydrogen) atoms. The second kappa shape index (κ2) is 9.94. The van der Waals surface area contributed by atoms with Crippen LogP contribution in [0.5, 0.6) is 0 Å². The SMILES string of the molecule is CCOC1CC(NC(=NCc2nnc(C)n2C)NC2CCCC2)C12CCCC2.I. The molecule has 1 aromatic rings. The fourth-order valence-corrected chi connectivity index (χ4v) is 5.39. The summed E-state index contributed by atoms with van der Waals surface area (Å²) in [4.78, 5) is 4.91. The molecule has 0 saturated heterocycles. The summed E-state index contributed by atoms with van der Waals surface area (Å²) in [6.45, 7) is 5.45. The smallest absolute Gasteiger partial charge is 0.192 e. The summed E-state index contributed by atoms with van der Waals surface area (Å²) in [7, 11) is 2.00. The van der Waals surface area contributed by atoms with Crippen molar-refractivity contribution in [2.45, 2.75) is 96.4 Å². The van der Waals surface area contributed by atoms with E-state index in [0.717, 1.165) is 30.6 Å². The van der Waals surface area contributed by atoms with Crippen molar-refractivity contribution in [2.24, 2.45) is 17.5 Å². The molecule has 1 spiro atoms. The number of rotatable bonds is 6. The highest BCUT2D eigenvalue weighted by molar-refractivity contribution is 14.0. The third-order valence-electron chi connectivity index (χ3n) is 7.26. The van der Waals surface area contributed by atoms with Crippen LogP contribution in [0.1, 0.15) is 76.4 Å². The minimum Gasteiger partial charge on any atom is -0.378 e. The van der Waals surface area contributed by atoms with E-state index in [2.05, 4.69) is 27.8 Å². The van der Waals surface area contributed by atoms with Crippen molar-refractivity contribution in [3.8, 4) is 0 Å². The van der Waals surface area contributed by atoms with Crippen molar-refractivity contribution in [1.29, 1.82) is 0 Å². The molecule has 1 aromatic heterocycles. The van der Waals surface area contributed by atoms with Crippen LogP contribution in [0, 0.1) is 12.3 Å². The number of halogens is 1. The van der Waals surface area contributed by atoms with Gasteiger partial charge >= 0.3 is 0 Å². The number of nitrogens with zero attached hydrogens (tertiary/aromatic N) is 4. The normalized spacial score (nSPS) is 26.4. The van der Waals surface area contributed by atoms with Crippen LogP contribution in [0.4, 0.5) is 0 Å². The Labute approximate surface area is 191 Å². The van der Waals surface area contributed by atoms with Gasteiger partial charge in [0.15, 0.2) is 11.8 Å². The van der Waals surface area contributed by atoms with Crippen LogP contribution in [-0.2, 0) is 18.3 Å². The Morgan fingerprint density at radius 1 is 1.17 bits per heavy atom. The van der Waals surface area contributed by atoms with Crippen molar-refractivity contribution in [3.05, 3.63) is 11.6 Å². The topological polar surface area (TPSA) is 76.4 Å². The van der Waals surface area contributed by atoms with Gasteiger partial charge in [0.1, 0.15) is 12.4 Å². The molecule has 0 aliphatic heterocycles. The van der Waals surface area contributed by atoms with E-state index in [1.165, 1.54) is 51.4 Å². The largest absolute Gasteiger partial charge is 0.378 e. The first-order valence-corrected chi connectivity index (χ1v) is 11.2. The van der Waals surface area contributed by atoms with Crippen molar-refractivity contribution in [1.82, 2.24) is 25.4 Å². The van der Waals surface area contributed by atoms with Gasteiger partial charge in [0.25, 0.3) is 0 Å². The van der Waals surface area contributed by atoms with E-state index in [1.54, 1.807) is 0 Å². The van der Waals surface area contributed by atoms with E-state index in [4.69, 9.17) is 9.73 Å². The Kier molecular flexibility index (Phi) is 7.81. The Bertz CT molecular complexity index is 693. The summed E-state index contributed by atoms with van der Waals surface area (Å²) >= 11 is 0. The maximum absolute atomic E-state index is 6.09. The van der Waals surface area contributed by atoms with E-state index in [0.29, 0.717) is 30.1 Å². The number of guanidine groups is 1. The molecule has 7 nitrogen and oxygen atoms in total. The van der Waals surface area contributed by atoms with Crippen molar-refractivity contribution in [2.75, 3.05) is 6.61 Å². The highest BCUT2D eigenvalue weighted by atomic mass is 127. The number of aryl methyl sites for hydroxylation is 1.